The molecule has 2 N–H and O–H groups in total. The van der Waals surface area contributed by atoms with Gasteiger partial charge in [-0.15, -0.1) is 11.8 Å². The number of hydrogen-bond donors (Lipinski definition) is 1. The van der Waals surface area contributed by atoms with Crippen molar-refractivity contribution in [2.45, 2.75) is 62.3 Å². The van der Waals surface area contributed by atoms with E-state index in [4.69, 9.17) is 10.3 Å². The van der Waals surface area contributed by atoms with Gasteiger partial charge in [0, 0.05) is 22.3 Å². The van der Waals surface area contributed by atoms with Gasteiger partial charge in [0.1, 0.15) is 0 Å². The largest absolute Gasteiger partial charge is 0.339 e. The molecule has 5 unspecified atom stereocenters. The Balaban J connectivity index is 2.12. The fourth-order valence-corrected chi connectivity index (χ4v) is 5.38. The van der Waals surface area contributed by atoms with Crippen LogP contribution < -0.4 is 5.73 Å². The zero-order chi connectivity index (χ0) is 14.9. The van der Waals surface area contributed by atoms with Crippen LogP contribution in [-0.4, -0.2) is 32.4 Å². The molecule has 0 spiro atoms. The minimum absolute atomic E-state index is 0.0237. The summed E-state index contributed by atoms with van der Waals surface area (Å²) < 4.78 is 5.50. The second-order valence-electron chi connectivity index (χ2n) is 5.99. The third kappa shape index (κ3) is 3.52. The van der Waals surface area contributed by atoms with Crippen LogP contribution >= 0.6 is 23.5 Å². The molecule has 1 fully saturated rings. The molecule has 1 aliphatic heterocycles. The maximum Gasteiger partial charge on any atom is 0.231 e. The third-order valence-corrected chi connectivity index (χ3v) is 7.25. The summed E-state index contributed by atoms with van der Waals surface area (Å²) >= 11 is 3.94. The minimum atomic E-state index is 0.0237. The van der Waals surface area contributed by atoms with E-state index in [0.717, 1.165) is 11.6 Å². The van der Waals surface area contributed by atoms with Crippen molar-refractivity contribution in [1.82, 2.24) is 10.1 Å². The Morgan fingerprint density at radius 1 is 1.25 bits per heavy atom. The van der Waals surface area contributed by atoms with Gasteiger partial charge in [-0.25, -0.2) is 0 Å². The Hall–Kier alpha value is -0.200. The molecule has 5 atom stereocenters. The summed E-state index contributed by atoms with van der Waals surface area (Å²) in [7, 11) is 0. The van der Waals surface area contributed by atoms with Crippen molar-refractivity contribution < 1.29 is 4.52 Å². The van der Waals surface area contributed by atoms with E-state index in [0.29, 0.717) is 27.6 Å². The topological polar surface area (TPSA) is 64.9 Å². The summed E-state index contributed by atoms with van der Waals surface area (Å²) in [5, 5.41) is 5.86. The molecular formula is C14H25N3OS2. The van der Waals surface area contributed by atoms with Crippen molar-refractivity contribution >= 4 is 23.5 Å². The number of aromatic nitrogens is 2. The van der Waals surface area contributed by atoms with E-state index in [1.807, 2.05) is 30.4 Å². The predicted octanol–water partition coefficient (Wildman–Crippen LogP) is 3.45. The van der Waals surface area contributed by atoms with E-state index >= 15 is 0 Å². The second kappa shape index (κ2) is 6.71. The molecule has 0 aromatic carbocycles. The summed E-state index contributed by atoms with van der Waals surface area (Å²) in [4.78, 5) is 4.64. The molecule has 1 aliphatic rings. The minimum Gasteiger partial charge on any atom is -0.339 e. The third-order valence-electron chi connectivity index (χ3n) is 3.87. The number of thioether (sulfide) groups is 2. The smallest absolute Gasteiger partial charge is 0.231 e. The fourth-order valence-electron chi connectivity index (χ4n) is 2.55. The molecule has 6 heteroatoms. The summed E-state index contributed by atoms with van der Waals surface area (Å²) in [6.07, 6.45) is 0. The molecule has 20 heavy (non-hydrogen) atoms. The lowest BCUT2D eigenvalue weighted by molar-refractivity contribution is 0.298. The highest BCUT2D eigenvalue weighted by molar-refractivity contribution is 8.07. The average molecular weight is 316 g/mol. The highest BCUT2D eigenvalue weighted by Gasteiger charge is 2.32. The van der Waals surface area contributed by atoms with Crippen LogP contribution in [0.4, 0.5) is 0 Å². The van der Waals surface area contributed by atoms with Crippen LogP contribution in [0.1, 0.15) is 57.5 Å². The predicted molar refractivity (Wildman–Crippen MR) is 87.2 cm³/mol. The summed E-state index contributed by atoms with van der Waals surface area (Å²) in [5.41, 5.74) is 6.06. The van der Waals surface area contributed by atoms with E-state index in [1.165, 1.54) is 0 Å². The highest BCUT2D eigenvalue weighted by Crippen LogP contribution is 2.43. The number of rotatable bonds is 4. The molecule has 1 saturated heterocycles. The van der Waals surface area contributed by atoms with Crippen molar-refractivity contribution in [2.75, 3.05) is 5.75 Å². The summed E-state index contributed by atoms with van der Waals surface area (Å²) in [6, 6.07) is 0.0237. The van der Waals surface area contributed by atoms with E-state index in [-0.39, 0.29) is 12.0 Å². The van der Waals surface area contributed by atoms with Gasteiger partial charge in [0.05, 0.1) is 11.2 Å². The van der Waals surface area contributed by atoms with Gasteiger partial charge >= 0.3 is 0 Å². The molecule has 0 radical (unpaired) electrons. The Morgan fingerprint density at radius 3 is 2.50 bits per heavy atom. The van der Waals surface area contributed by atoms with Crippen LogP contribution in [0.2, 0.25) is 0 Å². The van der Waals surface area contributed by atoms with Crippen molar-refractivity contribution in [3.05, 3.63) is 11.7 Å². The maximum atomic E-state index is 6.06. The zero-order valence-corrected chi connectivity index (χ0v) is 14.5. The van der Waals surface area contributed by atoms with E-state index in [2.05, 4.69) is 37.8 Å². The standard InChI is InChI=1S/C14H25N3OS2/c1-7(2)12(8(3)15)14-16-13(17-18-14)11-6-19-9(4)10(5)20-11/h7-12H,6,15H2,1-5H3. The quantitative estimate of drug-likeness (QED) is 0.918. The van der Waals surface area contributed by atoms with Gasteiger partial charge in [0.25, 0.3) is 0 Å². The molecule has 4 nitrogen and oxygen atoms in total. The summed E-state index contributed by atoms with van der Waals surface area (Å²) in [5.74, 6) is 3.12. The van der Waals surface area contributed by atoms with Gasteiger partial charge in [0.15, 0.2) is 5.82 Å². The Kier molecular flexibility index (Phi) is 5.42. The maximum absolute atomic E-state index is 6.06. The van der Waals surface area contributed by atoms with Crippen molar-refractivity contribution in [2.24, 2.45) is 11.7 Å². The zero-order valence-electron chi connectivity index (χ0n) is 12.9. The lowest BCUT2D eigenvalue weighted by Gasteiger charge is -2.29. The van der Waals surface area contributed by atoms with Crippen molar-refractivity contribution in [1.29, 1.82) is 0 Å². The SMILES string of the molecule is CC(C)C(c1nc(C2CSC(C)C(C)S2)no1)C(C)N. The van der Waals surface area contributed by atoms with Gasteiger partial charge in [-0.3, -0.25) is 0 Å². The van der Waals surface area contributed by atoms with Gasteiger partial charge in [-0.2, -0.15) is 16.7 Å². The fraction of sp³-hybridized carbons (Fsp3) is 0.857. The molecule has 0 amide bonds. The van der Waals surface area contributed by atoms with Crippen LogP contribution in [-0.2, 0) is 0 Å². The van der Waals surface area contributed by atoms with Crippen LogP contribution in [0.3, 0.4) is 0 Å². The van der Waals surface area contributed by atoms with E-state index in [9.17, 15) is 0 Å². The molecule has 0 aliphatic carbocycles. The highest BCUT2D eigenvalue weighted by atomic mass is 32.2. The van der Waals surface area contributed by atoms with Gasteiger partial charge in [0.2, 0.25) is 5.89 Å². The molecule has 1 aromatic rings. The molecule has 2 rings (SSSR count). The van der Waals surface area contributed by atoms with Crippen LogP contribution in [0.15, 0.2) is 4.52 Å². The number of hydrogen-bond acceptors (Lipinski definition) is 6. The lowest BCUT2D eigenvalue weighted by atomic mass is 9.90. The summed E-state index contributed by atoms with van der Waals surface area (Å²) in [6.45, 7) is 10.8. The monoisotopic (exact) mass is 315 g/mol. The first-order valence-corrected chi connectivity index (χ1v) is 9.25. The normalized spacial score (nSPS) is 30.4. The average Bonchev–Trinajstić information content (AvgIpc) is 2.81. The lowest BCUT2D eigenvalue weighted by Crippen LogP contribution is -2.29. The molecular weight excluding hydrogens is 290 g/mol. The molecule has 0 saturated carbocycles. The van der Waals surface area contributed by atoms with Gasteiger partial charge in [-0.05, 0) is 12.8 Å². The Labute approximate surface area is 130 Å². The Morgan fingerprint density at radius 2 is 1.95 bits per heavy atom. The van der Waals surface area contributed by atoms with Gasteiger partial charge < -0.3 is 10.3 Å². The molecule has 0 bridgehead atoms. The second-order valence-corrected chi connectivity index (χ2v) is 8.98. The van der Waals surface area contributed by atoms with Crippen molar-refractivity contribution in [3.63, 3.8) is 0 Å². The molecule has 114 valence electrons. The first kappa shape index (κ1) is 16.2. The Bertz CT molecular complexity index is 428. The van der Waals surface area contributed by atoms with Crippen LogP contribution in [0.25, 0.3) is 0 Å². The molecule has 2 heterocycles. The van der Waals surface area contributed by atoms with Gasteiger partial charge in [-0.1, -0.05) is 32.9 Å². The van der Waals surface area contributed by atoms with Crippen LogP contribution in [0.5, 0.6) is 0 Å². The van der Waals surface area contributed by atoms with E-state index in [1.54, 1.807) is 0 Å². The number of nitrogens with two attached hydrogens (primary N) is 1. The number of nitrogens with zero attached hydrogens (tertiary/aromatic N) is 2. The molecule has 1 aromatic heterocycles. The van der Waals surface area contributed by atoms with Crippen molar-refractivity contribution in [3.8, 4) is 0 Å². The van der Waals surface area contributed by atoms with E-state index < -0.39 is 0 Å². The van der Waals surface area contributed by atoms with Crippen LogP contribution in [0, 0.1) is 5.92 Å². The first-order chi connectivity index (χ1) is 9.40. The first-order valence-electron chi connectivity index (χ1n) is 7.26.